The van der Waals surface area contributed by atoms with Crippen LogP contribution in [-0.2, 0) is 17.9 Å². The standard InChI is InChI=1S/C18H21BrClNO2/c1-22-9-3-8-21-12-15-11-16(19)6-7-18(15)23-13-14-4-2-5-17(20)10-14/h2,4-7,10-11,21H,3,8-9,12-13H2,1H3. The summed E-state index contributed by atoms with van der Waals surface area (Å²) in [6, 6.07) is 13.8. The van der Waals surface area contributed by atoms with E-state index in [2.05, 4.69) is 27.3 Å². The Morgan fingerprint density at radius 1 is 1.17 bits per heavy atom. The van der Waals surface area contributed by atoms with Crippen molar-refractivity contribution in [3.63, 3.8) is 0 Å². The van der Waals surface area contributed by atoms with Crippen LogP contribution in [0.1, 0.15) is 17.5 Å². The zero-order valence-electron chi connectivity index (χ0n) is 13.1. The number of hydrogen-bond acceptors (Lipinski definition) is 3. The first-order valence-corrected chi connectivity index (χ1v) is 8.71. The van der Waals surface area contributed by atoms with Gasteiger partial charge >= 0.3 is 0 Å². The summed E-state index contributed by atoms with van der Waals surface area (Å²) in [4.78, 5) is 0. The average molecular weight is 399 g/mol. The number of methoxy groups -OCH3 is 1. The van der Waals surface area contributed by atoms with Crippen LogP contribution in [0, 0.1) is 0 Å². The predicted molar refractivity (Wildman–Crippen MR) is 98.1 cm³/mol. The van der Waals surface area contributed by atoms with Gasteiger partial charge in [-0.15, -0.1) is 0 Å². The van der Waals surface area contributed by atoms with Crippen LogP contribution in [-0.4, -0.2) is 20.3 Å². The molecule has 0 atom stereocenters. The monoisotopic (exact) mass is 397 g/mol. The lowest BCUT2D eigenvalue weighted by Gasteiger charge is -2.13. The van der Waals surface area contributed by atoms with Gasteiger partial charge in [0, 0.05) is 35.3 Å². The Kier molecular flexibility index (Phi) is 7.89. The molecule has 0 saturated carbocycles. The molecule has 0 aliphatic rings. The fraction of sp³-hybridized carbons (Fsp3) is 0.333. The van der Waals surface area contributed by atoms with Gasteiger partial charge in [-0.2, -0.15) is 0 Å². The Bertz CT molecular complexity index is 622. The first-order valence-electron chi connectivity index (χ1n) is 7.54. The van der Waals surface area contributed by atoms with Crippen LogP contribution < -0.4 is 10.1 Å². The highest BCUT2D eigenvalue weighted by Crippen LogP contribution is 2.24. The Morgan fingerprint density at radius 3 is 2.83 bits per heavy atom. The minimum Gasteiger partial charge on any atom is -0.489 e. The SMILES string of the molecule is COCCCNCc1cc(Br)ccc1OCc1cccc(Cl)c1. The lowest BCUT2D eigenvalue weighted by molar-refractivity contribution is 0.194. The van der Waals surface area contributed by atoms with Crippen LogP contribution in [0.4, 0.5) is 0 Å². The molecule has 0 bridgehead atoms. The van der Waals surface area contributed by atoms with Crippen molar-refractivity contribution < 1.29 is 9.47 Å². The van der Waals surface area contributed by atoms with Gasteiger partial charge < -0.3 is 14.8 Å². The molecule has 0 spiro atoms. The third kappa shape index (κ3) is 6.51. The molecule has 2 rings (SSSR count). The lowest BCUT2D eigenvalue weighted by Crippen LogP contribution is -2.16. The molecule has 0 unspecified atom stereocenters. The Balaban J connectivity index is 1.94. The molecular formula is C18H21BrClNO2. The number of benzene rings is 2. The molecule has 2 aromatic rings. The van der Waals surface area contributed by atoms with Gasteiger partial charge in [0.1, 0.15) is 12.4 Å². The van der Waals surface area contributed by atoms with E-state index >= 15 is 0 Å². The molecule has 1 N–H and O–H groups in total. The maximum Gasteiger partial charge on any atom is 0.124 e. The van der Waals surface area contributed by atoms with Crippen molar-refractivity contribution in [2.75, 3.05) is 20.3 Å². The van der Waals surface area contributed by atoms with Crippen LogP contribution in [0.5, 0.6) is 5.75 Å². The molecule has 3 nitrogen and oxygen atoms in total. The number of rotatable bonds is 9. The fourth-order valence-electron chi connectivity index (χ4n) is 2.18. The first-order chi connectivity index (χ1) is 11.2. The Hall–Kier alpha value is -1.07. The van der Waals surface area contributed by atoms with Crippen molar-refractivity contribution >= 4 is 27.5 Å². The van der Waals surface area contributed by atoms with Crippen LogP contribution in [0.25, 0.3) is 0 Å². The zero-order valence-corrected chi connectivity index (χ0v) is 15.5. The van der Waals surface area contributed by atoms with Crippen molar-refractivity contribution in [2.24, 2.45) is 0 Å². The summed E-state index contributed by atoms with van der Waals surface area (Å²) in [6.45, 7) is 2.94. The molecule has 23 heavy (non-hydrogen) atoms. The number of nitrogens with one attached hydrogen (secondary N) is 1. The second-order valence-electron chi connectivity index (χ2n) is 5.19. The number of ether oxygens (including phenoxy) is 2. The highest BCUT2D eigenvalue weighted by atomic mass is 79.9. The van der Waals surface area contributed by atoms with Gasteiger partial charge in [0.25, 0.3) is 0 Å². The minimum absolute atomic E-state index is 0.499. The van der Waals surface area contributed by atoms with E-state index in [1.807, 2.05) is 36.4 Å². The molecule has 124 valence electrons. The Morgan fingerprint density at radius 2 is 2.04 bits per heavy atom. The second-order valence-corrected chi connectivity index (χ2v) is 6.55. The van der Waals surface area contributed by atoms with Gasteiger partial charge in [0.2, 0.25) is 0 Å². The molecule has 0 amide bonds. The van der Waals surface area contributed by atoms with E-state index in [4.69, 9.17) is 21.1 Å². The summed E-state index contributed by atoms with van der Waals surface area (Å²) < 4.78 is 12.1. The lowest BCUT2D eigenvalue weighted by atomic mass is 10.2. The van der Waals surface area contributed by atoms with Crippen molar-refractivity contribution in [2.45, 2.75) is 19.6 Å². The minimum atomic E-state index is 0.499. The van der Waals surface area contributed by atoms with Crippen LogP contribution >= 0.6 is 27.5 Å². The molecule has 0 heterocycles. The van der Waals surface area contributed by atoms with Crippen LogP contribution in [0.3, 0.4) is 0 Å². The van der Waals surface area contributed by atoms with E-state index in [1.54, 1.807) is 7.11 Å². The molecule has 0 aliphatic carbocycles. The molecule has 0 aromatic heterocycles. The third-order valence-electron chi connectivity index (χ3n) is 3.32. The summed E-state index contributed by atoms with van der Waals surface area (Å²) in [5.74, 6) is 0.882. The normalized spacial score (nSPS) is 10.7. The van der Waals surface area contributed by atoms with Crippen molar-refractivity contribution in [3.8, 4) is 5.75 Å². The Labute approximate surface area is 151 Å². The maximum absolute atomic E-state index is 6.01. The summed E-state index contributed by atoms with van der Waals surface area (Å²) in [5.41, 5.74) is 2.18. The van der Waals surface area contributed by atoms with Gasteiger partial charge in [0.05, 0.1) is 0 Å². The molecular weight excluding hydrogens is 378 g/mol. The summed E-state index contributed by atoms with van der Waals surface area (Å²) in [7, 11) is 1.72. The topological polar surface area (TPSA) is 30.5 Å². The predicted octanol–water partition coefficient (Wildman–Crippen LogP) is 4.81. The number of hydrogen-bond donors (Lipinski definition) is 1. The maximum atomic E-state index is 6.01. The van der Waals surface area contributed by atoms with Gasteiger partial charge in [-0.1, -0.05) is 39.7 Å². The summed E-state index contributed by atoms with van der Waals surface area (Å²) >= 11 is 9.52. The summed E-state index contributed by atoms with van der Waals surface area (Å²) in [6.07, 6.45) is 0.989. The van der Waals surface area contributed by atoms with Gasteiger partial charge in [0.15, 0.2) is 0 Å². The van der Waals surface area contributed by atoms with Crippen molar-refractivity contribution in [1.29, 1.82) is 0 Å². The average Bonchev–Trinajstić information content (AvgIpc) is 2.54. The van der Waals surface area contributed by atoms with E-state index in [0.29, 0.717) is 6.61 Å². The summed E-state index contributed by atoms with van der Waals surface area (Å²) in [5, 5.41) is 4.13. The van der Waals surface area contributed by atoms with Crippen LogP contribution in [0.2, 0.25) is 5.02 Å². The van der Waals surface area contributed by atoms with Crippen LogP contribution in [0.15, 0.2) is 46.9 Å². The quantitative estimate of drug-likeness (QED) is 0.615. The fourth-order valence-corrected chi connectivity index (χ4v) is 2.80. The van der Waals surface area contributed by atoms with E-state index < -0.39 is 0 Å². The van der Waals surface area contributed by atoms with Crippen molar-refractivity contribution in [1.82, 2.24) is 5.32 Å². The first kappa shape index (κ1) is 18.3. The second kappa shape index (κ2) is 9.93. The van der Waals surface area contributed by atoms with E-state index in [0.717, 1.165) is 52.5 Å². The van der Waals surface area contributed by atoms with Gasteiger partial charge in [-0.3, -0.25) is 0 Å². The molecule has 0 radical (unpaired) electrons. The van der Waals surface area contributed by atoms with Gasteiger partial charge in [-0.25, -0.2) is 0 Å². The molecule has 2 aromatic carbocycles. The third-order valence-corrected chi connectivity index (χ3v) is 4.05. The van der Waals surface area contributed by atoms with Crippen molar-refractivity contribution in [3.05, 3.63) is 63.1 Å². The largest absolute Gasteiger partial charge is 0.489 e. The molecule has 0 saturated heterocycles. The van der Waals surface area contributed by atoms with E-state index in [-0.39, 0.29) is 0 Å². The molecule has 5 heteroatoms. The van der Waals surface area contributed by atoms with E-state index in [9.17, 15) is 0 Å². The highest BCUT2D eigenvalue weighted by Gasteiger charge is 2.05. The molecule has 0 aliphatic heterocycles. The smallest absolute Gasteiger partial charge is 0.124 e. The number of halogens is 2. The highest BCUT2D eigenvalue weighted by molar-refractivity contribution is 9.10. The molecule has 0 fully saturated rings. The zero-order chi connectivity index (χ0) is 16.5. The van der Waals surface area contributed by atoms with E-state index in [1.165, 1.54) is 0 Å². The van der Waals surface area contributed by atoms with Gasteiger partial charge in [-0.05, 0) is 48.9 Å².